The van der Waals surface area contributed by atoms with Crippen molar-refractivity contribution in [3.63, 3.8) is 0 Å². The molecule has 2 nitrogen and oxygen atoms in total. The summed E-state index contributed by atoms with van der Waals surface area (Å²) in [6.45, 7) is 0.921. The lowest BCUT2D eigenvalue weighted by Gasteiger charge is -2.30. The predicted octanol–water partition coefficient (Wildman–Crippen LogP) is 3.38. The van der Waals surface area contributed by atoms with Crippen LogP contribution in [0, 0.1) is 15.3 Å². The molecule has 0 spiro atoms. The standard InChI is InChI=1S/C14H20FIN2/c1-18(9-10-2-5-12(17)6-3-10)14-7-4-11(16)8-13(14)15/h4,7-8,10,12H,2-3,5-6,9,17H2,1H3/t10-,12-. The minimum atomic E-state index is -0.128. The molecule has 0 radical (unpaired) electrons. The third kappa shape index (κ3) is 3.57. The number of halogens is 2. The Morgan fingerprint density at radius 2 is 2.00 bits per heavy atom. The van der Waals surface area contributed by atoms with Gasteiger partial charge in [-0.2, -0.15) is 0 Å². The van der Waals surface area contributed by atoms with E-state index in [-0.39, 0.29) is 5.82 Å². The minimum absolute atomic E-state index is 0.128. The first kappa shape index (κ1) is 14.1. The van der Waals surface area contributed by atoms with Crippen LogP contribution in [0.2, 0.25) is 0 Å². The minimum Gasteiger partial charge on any atom is -0.372 e. The Balaban J connectivity index is 1.97. The van der Waals surface area contributed by atoms with Crippen LogP contribution in [0.1, 0.15) is 25.7 Å². The van der Waals surface area contributed by atoms with Crippen LogP contribution >= 0.6 is 22.6 Å². The Kier molecular flexibility index (Phi) is 4.84. The summed E-state index contributed by atoms with van der Waals surface area (Å²) in [7, 11) is 1.97. The summed E-state index contributed by atoms with van der Waals surface area (Å²) in [6.07, 6.45) is 4.54. The van der Waals surface area contributed by atoms with E-state index in [9.17, 15) is 4.39 Å². The van der Waals surface area contributed by atoms with Crippen LogP contribution in [-0.4, -0.2) is 19.6 Å². The highest BCUT2D eigenvalue weighted by Crippen LogP contribution is 2.27. The first-order chi connectivity index (χ1) is 8.56. The van der Waals surface area contributed by atoms with Crippen LogP contribution < -0.4 is 10.6 Å². The molecule has 0 bridgehead atoms. The van der Waals surface area contributed by atoms with Gasteiger partial charge in [0.25, 0.3) is 0 Å². The molecular formula is C14H20FIN2. The lowest BCUT2D eigenvalue weighted by Crippen LogP contribution is -2.33. The maximum atomic E-state index is 13.9. The molecule has 1 saturated carbocycles. The van der Waals surface area contributed by atoms with Crippen molar-refractivity contribution in [2.45, 2.75) is 31.7 Å². The molecule has 0 heterocycles. The second kappa shape index (κ2) is 6.19. The summed E-state index contributed by atoms with van der Waals surface area (Å²) < 4.78 is 14.8. The van der Waals surface area contributed by atoms with Crippen LogP contribution in [0.4, 0.5) is 10.1 Å². The SMILES string of the molecule is CN(C[C@H]1CC[C@H](N)CC1)c1ccc(I)cc1F. The quantitative estimate of drug-likeness (QED) is 0.836. The van der Waals surface area contributed by atoms with Gasteiger partial charge in [-0.15, -0.1) is 0 Å². The fraction of sp³-hybridized carbons (Fsp3) is 0.571. The Labute approximate surface area is 122 Å². The molecule has 1 aromatic carbocycles. The molecule has 1 aliphatic carbocycles. The van der Waals surface area contributed by atoms with E-state index in [4.69, 9.17) is 5.73 Å². The van der Waals surface area contributed by atoms with Crippen molar-refractivity contribution in [1.82, 2.24) is 0 Å². The topological polar surface area (TPSA) is 29.3 Å². The molecule has 0 saturated heterocycles. The Bertz CT molecular complexity index is 403. The molecule has 0 unspecified atom stereocenters. The summed E-state index contributed by atoms with van der Waals surface area (Å²) >= 11 is 2.13. The van der Waals surface area contributed by atoms with Gasteiger partial charge in [0.15, 0.2) is 0 Å². The molecule has 18 heavy (non-hydrogen) atoms. The molecular weight excluding hydrogens is 342 g/mol. The molecule has 0 aliphatic heterocycles. The van der Waals surface area contributed by atoms with Crippen molar-refractivity contribution in [1.29, 1.82) is 0 Å². The molecule has 1 aliphatic rings. The van der Waals surface area contributed by atoms with Gasteiger partial charge in [0.05, 0.1) is 5.69 Å². The molecule has 100 valence electrons. The van der Waals surface area contributed by atoms with Gasteiger partial charge in [0.2, 0.25) is 0 Å². The van der Waals surface area contributed by atoms with Gasteiger partial charge in [-0.1, -0.05) is 0 Å². The summed E-state index contributed by atoms with van der Waals surface area (Å²) in [5, 5.41) is 0. The van der Waals surface area contributed by atoms with Gasteiger partial charge in [0.1, 0.15) is 5.82 Å². The lowest BCUT2D eigenvalue weighted by atomic mass is 9.86. The zero-order chi connectivity index (χ0) is 13.1. The molecule has 0 aromatic heterocycles. The van der Waals surface area contributed by atoms with Gasteiger partial charge < -0.3 is 10.6 Å². The van der Waals surface area contributed by atoms with E-state index >= 15 is 0 Å². The first-order valence-corrected chi connectivity index (χ1v) is 7.56. The largest absolute Gasteiger partial charge is 0.372 e. The fourth-order valence-electron chi connectivity index (χ4n) is 2.65. The maximum Gasteiger partial charge on any atom is 0.147 e. The molecule has 0 atom stereocenters. The Hall–Kier alpha value is -0.360. The highest BCUT2D eigenvalue weighted by Gasteiger charge is 2.20. The van der Waals surface area contributed by atoms with Gasteiger partial charge in [-0.05, 0) is 72.4 Å². The second-order valence-electron chi connectivity index (χ2n) is 5.26. The van der Waals surface area contributed by atoms with Gasteiger partial charge in [-0.25, -0.2) is 4.39 Å². The third-order valence-electron chi connectivity index (χ3n) is 3.74. The maximum absolute atomic E-state index is 13.9. The van der Waals surface area contributed by atoms with Crippen LogP contribution in [0.15, 0.2) is 18.2 Å². The summed E-state index contributed by atoms with van der Waals surface area (Å²) in [6, 6.07) is 5.78. The van der Waals surface area contributed by atoms with Crippen LogP contribution in [0.5, 0.6) is 0 Å². The fourth-order valence-corrected chi connectivity index (χ4v) is 3.10. The molecule has 1 fully saturated rings. The van der Waals surface area contributed by atoms with E-state index in [1.165, 1.54) is 0 Å². The average Bonchev–Trinajstić information content (AvgIpc) is 2.32. The summed E-state index contributed by atoms with van der Waals surface area (Å²) in [5.74, 6) is 0.519. The number of anilines is 1. The molecule has 4 heteroatoms. The van der Waals surface area contributed by atoms with Crippen molar-refractivity contribution in [3.05, 3.63) is 27.6 Å². The number of rotatable bonds is 3. The number of nitrogens with two attached hydrogens (primary N) is 1. The molecule has 1 aromatic rings. The number of hydrogen-bond donors (Lipinski definition) is 1. The van der Waals surface area contributed by atoms with Crippen molar-refractivity contribution in [2.75, 3.05) is 18.5 Å². The summed E-state index contributed by atoms with van der Waals surface area (Å²) in [5.41, 5.74) is 6.60. The predicted molar refractivity (Wildman–Crippen MR) is 82.3 cm³/mol. The van der Waals surface area contributed by atoms with E-state index in [2.05, 4.69) is 22.6 Å². The average molecular weight is 362 g/mol. The van der Waals surface area contributed by atoms with Crippen molar-refractivity contribution in [2.24, 2.45) is 11.7 Å². The molecule has 0 amide bonds. The normalized spacial score (nSPS) is 24.0. The van der Waals surface area contributed by atoms with Crippen LogP contribution in [0.3, 0.4) is 0 Å². The van der Waals surface area contributed by atoms with Crippen molar-refractivity contribution >= 4 is 28.3 Å². The van der Waals surface area contributed by atoms with E-state index in [1.54, 1.807) is 6.07 Å². The van der Waals surface area contributed by atoms with Crippen LogP contribution in [0.25, 0.3) is 0 Å². The zero-order valence-corrected chi connectivity index (χ0v) is 12.9. The molecule has 2 rings (SSSR count). The van der Waals surface area contributed by atoms with Crippen molar-refractivity contribution < 1.29 is 4.39 Å². The summed E-state index contributed by atoms with van der Waals surface area (Å²) in [4.78, 5) is 2.03. The van der Waals surface area contributed by atoms with E-state index < -0.39 is 0 Å². The van der Waals surface area contributed by atoms with Crippen LogP contribution in [-0.2, 0) is 0 Å². The second-order valence-corrected chi connectivity index (χ2v) is 6.50. The van der Waals surface area contributed by atoms with E-state index in [1.807, 2.05) is 24.1 Å². The highest BCUT2D eigenvalue weighted by atomic mass is 127. The Morgan fingerprint density at radius 1 is 1.33 bits per heavy atom. The third-order valence-corrected chi connectivity index (χ3v) is 4.42. The van der Waals surface area contributed by atoms with E-state index in [0.29, 0.717) is 17.6 Å². The number of nitrogens with zero attached hydrogens (tertiary/aromatic N) is 1. The van der Waals surface area contributed by atoms with Gasteiger partial charge in [-0.3, -0.25) is 0 Å². The first-order valence-electron chi connectivity index (χ1n) is 6.48. The smallest absolute Gasteiger partial charge is 0.147 e. The molecule has 2 N–H and O–H groups in total. The van der Waals surface area contributed by atoms with Gasteiger partial charge in [0, 0.05) is 23.2 Å². The van der Waals surface area contributed by atoms with Gasteiger partial charge >= 0.3 is 0 Å². The Morgan fingerprint density at radius 3 is 2.61 bits per heavy atom. The number of hydrogen-bond acceptors (Lipinski definition) is 2. The lowest BCUT2D eigenvalue weighted by molar-refractivity contribution is 0.329. The monoisotopic (exact) mass is 362 g/mol. The number of benzene rings is 1. The van der Waals surface area contributed by atoms with Crippen molar-refractivity contribution in [3.8, 4) is 0 Å². The highest BCUT2D eigenvalue weighted by molar-refractivity contribution is 14.1. The zero-order valence-electron chi connectivity index (χ0n) is 10.7. The van der Waals surface area contributed by atoms with E-state index in [0.717, 1.165) is 35.8 Å².